The standard InChI is InChI=1S/C9H12BrClN2O/c1-9(2)3-6(14-9)5-13-8(11)7(10)4-12-13/h4,6H,3,5H2,1-2H3. The Morgan fingerprint density at radius 1 is 1.79 bits per heavy atom. The van der Waals surface area contributed by atoms with Gasteiger partial charge >= 0.3 is 0 Å². The molecule has 0 aromatic carbocycles. The first-order chi connectivity index (χ1) is 6.48. The van der Waals surface area contributed by atoms with Crippen molar-refractivity contribution in [2.45, 2.75) is 38.5 Å². The van der Waals surface area contributed by atoms with Gasteiger partial charge in [-0.3, -0.25) is 4.68 Å². The summed E-state index contributed by atoms with van der Waals surface area (Å²) in [6, 6.07) is 0. The third-order valence-electron chi connectivity index (χ3n) is 2.32. The van der Waals surface area contributed by atoms with Crippen LogP contribution in [0.5, 0.6) is 0 Å². The third kappa shape index (κ3) is 1.97. The molecule has 78 valence electrons. The number of rotatable bonds is 2. The number of aromatic nitrogens is 2. The summed E-state index contributed by atoms with van der Waals surface area (Å²) in [5, 5.41) is 4.78. The molecule has 2 heterocycles. The van der Waals surface area contributed by atoms with E-state index in [9.17, 15) is 0 Å². The van der Waals surface area contributed by atoms with E-state index in [-0.39, 0.29) is 11.7 Å². The molecular formula is C9H12BrClN2O. The van der Waals surface area contributed by atoms with Gasteiger partial charge in [0.15, 0.2) is 0 Å². The minimum atomic E-state index is 0.0293. The van der Waals surface area contributed by atoms with Gasteiger partial charge in [0, 0.05) is 6.42 Å². The second-order valence-corrected chi connectivity index (χ2v) is 5.38. The van der Waals surface area contributed by atoms with Gasteiger partial charge in [-0.05, 0) is 29.8 Å². The summed E-state index contributed by atoms with van der Waals surface area (Å²) in [4.78, 5) is 0. The van der Waals surface area contributed by atoms with Crippen LogP contribution in [-0.4, -0.2) is 21.5 Å². The molecule has 5 heteroatoms. The van der Waals surface area contributed by atoms with E-state index < -0.39 is 0 Å². The minimum absolute atomic E-state index is 0.0293. The summed E-state index contributed by atoms with van der Waals surface area (Å²) in [6.45, 7) is 4.90. The quantitative estimate of drug-likeness (QED) is 0.832. The average molecular weight is 280 g/mol. The molecule has 0 aliphatic carbocycles. The lowest BCUT2D eigenvalue weighted by Gasteiger charge is -2.43. The lowest BCUT2D eigenvalue weighted by molar-refractivity contribution is -0.189. The molecule has 3 nitrogen and oxygen atoms in total. The first-order valence-corrected chi connectivity index (χ1v) is 5.70. The van der Waals surface area contributed by atoms with Crippen LogP contribution in [0.1, 0.15) is 20.3 Å². The summed E-state index contributed by atoms with van der Waals surface area (Å²) >= 11 is 9.32. The van der Waals surface area contributed by atoms with Gasteiger partial charge in [0.25, 0.3) is 0 Å². The fourth-order valence-corrected chi connectivity index (χ4v) is 2.22. The predicted octanol–water partition coefficient (Wildman–Crippen LogP) is 2.87. The molecule has 0 bridgehead atoms. The lowest BCUT2D eigenvalue weighted by atomic mass is 9.93. The molecule has 1 aliphatic heterocycles. The maximum Gasteiger partial charge on any atom is 0.141 e. The number of nitrogens with zero attached hydrogens (tertiary/aromatic N) is 2. The van der Waals surface area contributed by atoms with Gasteiger partial charge in [-0.25, -0.2) is 0 Å². The highest BCUT2D eigenvalue weighted by Crippen LogP contribution is 2.33. The predicted molar refractivity (Wildman–Crippen MR) is 58.5 cm³/mol. The Hall–Kier alpha value is -0.0600. The van der Waals surface area contributed by atoms with E-state index >= 15 is 0 Å². The van der Waals surface area contributed by atoms with E-state index in [0.29, 0.717) is 5.15 Å². The van der Waals surface area contributed by atoms with Crippen molar-refractivity contribution in [2.75, 3.05) is 0 Å². The van der Waals surface area contributed by atoms with E-state index in [4.69, 9.17) is 16.3 Å². The monoisotopic (exact) mass is 278 g/mol. The van der Waals surface area contributed by atoms with E-state index in [1.165, 1.54) is 0 Å². The van der Waals surface area contributed by atoms with Crippen molar-refractivity contribution in [1.29, 1.82) is 0 Å². The highest BCUT2D eigenvalue weighted by Gasteiger charge is 2.37. The topological polar surface area (TPSA) is 27.1 Å². The summed E-state index contributed by atoms with van der Waals surface area (Å²) in [5.74, 6) is 0. The Bertz CT molecular complexity index is 343. The molecule has 1 aromatic heterocycles. The highest BCUT2D eigenvalue weighted by molar-refractivity contribution is 9.10. The Kier molecular flexibility index (Phi) is 2.62. The zero-order valence-corrected chi connectivity index (χ0v) is 10.5. The maximum atomic E-state index is 6.00. The van der Waals surface area contributed by atoms with Gasteiger partial charge in [0.1, 0.15) is 5.15 Å². The normalized spacial score (nSPS) is 24.7. The van der Waals surface area contributed by atoms with Gasteiger partial charge in [-0.15, -0.1) is 0 Å². The number of halogens is 2. The molecule has 1 aromatic rings. The van der Waals surface area contributed by atoms with Gasteiger partial charge in [-0.2, -0.15) is 5.10 Å². The average Bonchev–Trinajstić information content (AvgIpc) is 2.33. The van der Waals surface area contributed by atoms with Crippen LogP contribution in [0.25, 0.3) is 0 Å². The smallest absolute Gasteiger partial charge is 0.141 e. The zero-order valence-electron chi connectivity index (χ0n) is 8.13. The zero-order chi connectivity index (χ0) is 10.3. The molecule has 0 amide bonds. The second-order valence-electron chi connectivity index (χ2n) is 4.17. The van der Waals surface area contributed by atoms with Crippen molar-refractivity contribution in [3.05, 3.63) is 15.8 Å². The van der Waals surface area contributed by atoms with Crippen LogP contribution in [0.2, 0.25) is 5.15 Å². The van der Waals surface area contributed by atoms with Crippen LogP contribution in [0.3, 0.4) is 0 Å². The Labute approximate surface area is 96.5 Å². The van der Waals surface area contributed by atoms with Crippen molar-refractivity contribution in [1.82, 2.24) is 9.78 Å². The lowest BCUT2D eigenvalue weighted by Crippen LogP contribution is -2.47. The van der Waals surface area contributed by atoms with E-state index in [1.54, 1.807) is 10.9 Å². The molecule has 0 saturated carbocycles. The fourth-order valence-electron chi connectivity index (χ4n) is 1.76. The van der Waals surface area contributed by atoms with Crippen LogP contribution >= 0.6 is 27.5 Å². The van der Waals surface area contributed by atoms with Crippen LogP contribution in [0.4, 0.5) is 0 Å². The molecule has 1 fully saturated rings. The van der Waals surface area contributed by atoms with E-state index in [1.807, 2.05) is 0 Å². The molecule has 1 atom stereocenters. The fraction of sp³-hybridized carbons (Fsp3) is 0.667. The van der Waals surface area contributed by atoms with Crippen molar-refractivity contribution in [3.8, 4) is 0 Å². The second kappa shape index (κ2) is 3.51. The van der Waals surface area contributed by atoms with Gasteiger partial charge in [0.2, 0.25) is 0 Å². The third-order valence-corrected chi connectivity index (χ3v) is 3.52. The number of hydrogen-bond acceptors (Lipinski definition) is 2. The number of hydrogen-bond donors (Lipinski definition) is 0. The van der Waals surface area contributed by atoms with E-state index in [0.717, 1.165) is 17.4 Å². The molecule has 14 heavy (non-hydrogen) atoms. The van der Waals surface area contributed by atoms with Gasteiger partial charge in [-0.1, -0.05) is 11.6 Å². The summed E-state index contributed by atoms with van der Waals surface area (Å²) in [6.07, 6.45) is 3.00. The Morgan fingerprint density at radius 3 is 2.86 bits per heavy atom. The maximum absolute atomic E-state index is 6.00. The Balaban J connectivity index is 1.97. The summed E-state index contributed by atoms with van der Waals surface area (Å²) in [7, 11) is 0. The van der Waals surface area contributed by atoms with Crippen LogP contribution < -0.4 is 0 Å². The van der Waals surface area contributed by atoms with Crippen molar-refractivity contribution < 1.29 is 4.74 Å². The van der Waals surface area contributed by atoms with Gasteiger partial charge in [0.05, 0.1) is 28.9 Å². The van der Waals surface area contributed by atoms with E-state index in [2.05, 4.69) is 34.9 Å². The first kappa shape index (κ1) is 10.5. The first-order valence-electron chi connectivity index (χ1n) is 4.52. The van der Waals surface area contributed by atoms with Crippen LogP contribution in [0, 0.1) is 0 Å². The van der Waals surface area contributed by atoms with Crippen molar-refractivity contribution in [3.63, 3.8) is 0 Å². The summed E-state index contributed by atoms with van der Waals surface area (Å²) in [5.41, 5.74) is 0.0293. The molecule has 1 aliphatic rings. The molecule has 2 rings (SSSR count). The summed E-state index contributed by atoms with van der Waals surface area (Å²) < 4.78 is 8.25. The van der Waals surface area contributed by atoms with Crippen molar-refractivity contribution >= 4 is 27.5 Å². The number of ether oxygens (including phenoxy) is 1. The molecule has 1 unspecified atom stereocenters. The van der Waals surface area contributed by atoms with Crippen molar-refractivity contribution in [2.24, 2.45) is 0 Å². The van der Waals surface area contributed by atoms with Crippen LogP contribution in [0.15, 0.2) is 10.7 Å². The largest absolute Gasteiger partial charge is 0.370 e. The minimum Gasteiger partial charge on any atom is -0.370 e. The highest BCUT2D eigenvalue weighted by atomic mass is 79.9. The van der Waals surface area contributed by atoms with Crippen LogP contribution in [-0.2, 0) is 11.3 Å². The molecule has 0 radical (unpaired) electrons. The SMILES string of the molecule is CC1(C)CC(Cn2ncc(Br)c2Cl)O1. The Morgan fingerprint density at radius 2 is 2.43 bits per heavy atom. The molecular weight excluding hydrogens is 267 g/mol. The molecule has 0 N–H and O–H groups in total. The van der Waals surface area contributed by atoms with Gasteiger partial charge < -0.3 is 4.74 Å². The molecule has 0 spiro atoms. The molecule has 1 saturated heterocycles.